The third-order valence-corrected chi connectivity index (χ3v) is 6.61. The summed E-state index contributed by atoms with van der Waals surface area (Å²) < 4.78 is 12.2. The number of amides is 1. The van der Waals surface area contributed by atoms with Crippen LogP contribution in [0.15, 0.2) is 60.8 Å². The molecule has 1 N–H and O–H groups in total. The molecular weight excluding hydrogens is 440 g/mol. The monoisotopic (exact) mass is 470 g/mol. The summed E-state index contributed by atoms with van der Waals surface area (Å²) in [6.45, 7) is 7.50. The Bertz CT molecular complexity index is 1360. The van der Waals surface area contributed by atoms with Gasteiger partial charge in [0.25, 0.3) is 5.91 Å². The number of aromatic amines is 1. The van der Waals surface area contributed by atoms with Crippen molar-refractivity contribution < 1.29 is 14.3 Å². The molecule has 1 aliphatic heterocycles. The van der Waals surface area contributed by atoms with Crippen molar-refractivity contribution in [3.05, 3.63) is 83.2 Å². The van der Waals surface area contributed by atoms with E-state index in [0.717, 1.165) is 6.54 Å². The molecule has 5 rings (SSSR count). The molecule has 0 radical (unpaired) electrons. The lowest BCUT2D eigenvalue weighted by Crippen LogP contribution is -2.38. The van der Waals surface area contributed by atoms with Crippen LogP contribution in [0.2, 0.25) is 0 Å². The molecule has 4 aromatic rings. The first kappa shape index (κ1) is 22.9. The highest BCUT2D eigenvalue weighted by Gasteiger charge is 2.21. The molecule has 7 heteroatoms. The van der Waals surface area contributed by atoms with E-state index in [0.29, 0.717) is 43.3 Å². The van der Waals surface area contributed by atoms with E-state index >= 15 is 0 Å². The zero-order valence-corrected chi connectivity index (χ0v) is 20.4. The van der Waals surface area contributed by atoms with Crippen LogP contribution in [-0.2, 0) is 6.54 Å². The lowest BCUT2D eigenvalue weighted by Gasteiger charge is -2.25. The van der Waals surface area contributed by atoms with Gasteiger partial charge in [0.1, 0.15) is 12.2 Å². The second-order valence-corrected chi connectivity index (χ2v) is 8.98. The maximum atomic E-state index is 13.3. The maximum Gasteiger partial charge on any atom is 0.259 e. The number of H-pyrrole nitrogens is 1. The average molecular weight is 471 g/mol. The van der Waals surface area contributed by atoms with Gasteiger partial charge >= 0.3 is 0 Å². The predicted molar refractivity (Wildman–Crippen MR) is 136 cm³/mol. The molecule has 2 aromatic carbocycles. The molecule has 0 atom stereocenters. The Labute approximate surface area is 205 Å². The standard InChI is InChI=1S/C28H30N4O3/c1-19-8-6-9-21-20(2)23(30-26(19)21)18-32-15-14-31(3)28(33)22-10-7-13-29-27(22)35-25-12-5-4-11-24(25)34-17-16-32/h4-13,30H,14-18H2,1-3H3. The molecule has 0 bridgehead atoms. The number of carbonyl (C=O) groups is 1. The number of hydrogen-bond donors (Lipinski definition) is 1. The number of likely N-dealkylation sites (N-methyl/N-ethyl adjacent to an activating group) is 1. The normalized spacial score (nSPS) is 15.3. The van der Waals surface area contributed by atoms with Gasteiger partial charge in [0.15, 0.2) is 11.5 Å². The van der Waals surface area contributed by atoms with E-state index in [1.165, 1.54) is 27.7 Å². The highest BCUT2D eigenvalue weighted by Crippen LogP contribution is 2.32. The molecule has 0 spiro atoms. The third kappa shape index (κ3) is 4.72. The number of rotatable bonds is 2. The summed E-state index contributed by atoms with van der Waals surface area (Å²) in [5, 5.41) is 1.25. The van der Waals surface area contributed by atoms with Gasteiger partial charge < -0.3 is 19.4 Å². The summed E-state index contributed by atoms with van der Waals surface area (Å²) in [6.07, 6.45) is 1.62. The Kier molecular flexibility index (Phi) is 6.42. The fourth-order valence-electron chi connectivity index (χ4n) is 4.48. The second-order valence-electron chi connectivity index (χ2n) is 8.98. The lowest BCUT2D eigenvalue weighted by atomic mass is 10.1. The maximum absolute atomic E-state index is 13.3. The van der Waals surface area contributed by atoms with E-state index in [4.69, 9.17) is 9.47 Å². The van der Waals surface area contributed by atoms with Crippen molar-refractivity contribution in [3.63, 3.8) is 0 Å². The molecule has 3 heterocycles. The number of aromatic nitrogens is 2. The first-order valence-electron chi connectivity index (χ1n) is 11.9. The number of nitrogens with one attached hydrogen (secondary N) is 1. The topological polar surface area (TPSA) is 70.7 Å². The van der Waals surface area contributed by atoms with Gasteiger partial charge in [0, 0.05) is 56.0 Å². The van der Waals surface area contributed by atoms with Crippen LogP contribution in [0.4, 0.5) is 0 Å². The SMILES string of the molecule is Cc1c(CN2CCOc3ccccc3Oc3ncccc3C(=O)N(C)CC2)[nH]c2c(C)cccc12. The first-order valence-corrected chi connectivity index (χ1v) is 11.9. The Morgan fingerprint density at radius 3 is 2.63 bits per heavy atom. The average Bonchev–Trinajstić information content (AvgIpc) is 3.19. The van der Waals surface area contributed by atoms with Gasteiger partial charge in [-0.1, -0.05) is 30.3 Å². The lowest BCUT2D eigenvalue weighted by molar-refractivity contribution is 0.0770. The van der Waals surface area contributed by atoms with Crippen molar-refractivity contribution in [2.45, 2.75) is 20.4 Å². The Balaban J connectivity index is 1.45. The van der Waals surface area contributed by atoms with E-state index < -0.39 is 0 Å². The molecule has 35 heavy (non-hydrogen) atoms. The van der Waals surface area contributed by atoms with Crippen molar-refractivity contribution in [1.82, 2.24) is 19.8 Å². The molecular formula is C28H30N4O3. The molecule has 0 saturated carbocycles. The van der Waals surface area contributed by atoms with Crippen LogP contribution in [0.1, 0.15) is 27.2 Å². The molecule has 2 aromatic heterocycles. The molecule has 0 saturated heterocycles. The minimum atomic E-state index is -0.122. The Morgan fingerprint density at radius 1 is 0.971 bits per heavy atom. The van der Waals surface area contributed by atoms with Gasteiger partial charge in [-0.15, -0.1) is 0 Å². The molecule has 180 valence electrons. The van der Waals surface area contributed by atoms with Crippen LogP contribution in [0.25, 0.3) is 10.9 Å². The van der Waals surface area contributed by atoms with E-state index in [1.807, 2.05) is 31.3 Å². The highest BCUT2D eigenvalue weighted by atomic mass is 16.5. The summed E-state index contributed by atoms with van der Waals surface area (Å²) in [5.74, 6) is 1.32. The summed E-state index contributed by atoms with van der Waals surface area (Å²) in [6, 6.07) is 17.4. The fraction of sp³-hybridized carbons (Fsp3) is 0.286. The molecule has 0 aliphatic carbocycles. The summed E-state index contributed by atoms with van der Waals surface area (Å²) >= 11 is 0. The van der Waals surface area contributed by atoms with Crippen molar-refractivity contribution in [2.24, 2.45) is 0 Å². The minimum Gasteiger partial charge on any atom is -0.488 e. The molecule has 0 fully saturated rings. The summed E-state index contributed by atoms with van der Waals surface area (Å²) in [5.41, 5.74) is 5.29. The number of aryl methyl sites for hydroxylation is 2. The predicted octanol–water partition coefficient (Wildman–Crippen LogP) is 4.94. The van der Waals surface area contributed by atoms with Gasteiger partial charge in [0.2, 0.25) is 5.88 Å². The van der Waals surface area contributed by atoms with Crippen LogP contribution in [-0.4, -0.2) is 59.0 Å². The molecule has 1 amide bonds. The summed E-state index contributed by atoms with van der Waals surface area (Å²) in [7, 11) is 1.82. The number of benzene rings is 2. The van der Waals surface area contributed by atoms with E-state index in [9.17, 15) is 4.79 Å². The van der Waals surface area contributed by atoms with E-state index in [2.05, 4.69) is 46.9 Å². The van der Waals surface area contributed by atoms with Gasteiger partial charge in [0.05, 0.1) is 0 Å². The van der Waals surface area contributed by atoms with E-state index in [-0.39, 0.29) is 11.8 Å². The van der Waals surface area contributed by atoms with Crippen molar-refractivity contribution in [3.8, 4) is 17.4 Å². The first-order chi connectivity index (χ1) is 17.0. The smallest absolute Gasteiger partial charge is 0.259 e. The molecule has 1 aliphatic rings. The number of ether oxygens (including phenoxy) is 2. The number of para-hydroxylation sites is 3. The van der Waals surface area contributed by atoms with E-state index in [1.54, 1.807) is 23.2 Å². The van der Waals surface area contributed by atoms with Crippen LogP contribution in [0, 0.1) is 13.8 Å². The van der Waals surface area contributed by atoms with Gasteiger partial charge in [-0.25, -0.2) is 4.98 Å². The van der Waals surface area contributed by atoms with Crippen molar-refractivity contribution >= 4 is 16.8 Å². The minimum absolute atomic E-state index is 0.122. The number of pyridine rings is 1. The summed E-state index contributed by atoms with van der Waals surface area (Å²) in [4.78, 5) is 25.3. The number of carbonyl (C=O) groups excluding carboxylic acids is 1. The molecule has 0 unspecified atom stereocenters. The highest BCUT2D eigenvalue weighted by molar-refractivity contribution is 5.96. The Morgan fingerprint density at radius 2 is 1.80 bits per heavy atom. The second kappa shape index (κ2) is 9.80. The van der Waals surface area contributed by atoms with Crippen LogP contribution in [0.5, 0.6) is 17.4 Å². The Hall–Kier alpha value is -3.84. The van der Waals surface area contributed by atoms with Crippen LogP contribution in [0.3, 0.4) is 0 Å². The van der Waals surface area contributed by atoms with Gasteiger partial charge in [-0.3, -0.25) is 9.69 Å². The number of hydrogen-bond acceptors (Lipinski definition) is 5. The third-order valence-electron chi connectivity index (χ3n) is 6.61. The van der Waals surface area contributed by atoms with Gasteiger partial charge in [-0.2, -0.15) is 0 Å². The van der Waals surface area contributed by atoms with Crippen LogP contribution >= 0.6 is 0 Å². The molecule has 7 nitrogen and oxygen atoms in total. The van der Waals surface area contributed by atoms with Crippen molar-refractivity contribution in [1.29, 1.82) is 0 Å². The number of fused-ring (bicyclic) bond motifs is 3. The van der Waals surface area contributed by atoms with Gasteiger partial charge in [-0.05, 0) is 49.2 Å². The quantitative estimate of drug-likeness (QED) is 0.449. The number of nitrogens with zero attached hydrogens (tertiary/aromatic N) is 3. The van der Waals surface area contributed by atoms with Crippen LogP contribution < -0.4 is 9.47 Å². The fourth-order valence-corrected chi connectivity index (χ4v) is 4.48. The largest absolute Gasteiger partial charge is 0.488 e. The zero-order chi connectivity index (χ0) is 24.4. The van der Waals surface area contributed by atoms with Crippen molar-refractivity contribution in [2.75, 3.05) is 33.3 Å². The zero-order valence-electron chi connectivity index (χ0n) is 20.4.